The number of hydrogen-bond donors (Lipinski definition) is 1. The largest absolute Gasteiger partial charge is 0.320 e. The topological polar surface area (TPSA) is 59.2 Å². The van der Waals surface area contributed by atoms with E-state index in [1.54, 1.807) is 17.2 Å². The lowest BCUT2D eigenvalue weighted by atomic mass is 10.3. The first kappa shape index (κ1) is 8.19. The highest BCUT2D eigenvalue weighted by Crippen LogP contribution is 2.18. The SMILES string of the molecule is NC1CCN(c2[c]nccc2)C1=O. The van der Waals surface area contributed by atoms with Crippen molar-refractivity contribution in [3.8, 4) is 0 Å². The fraction of sp³-hybridized carbons (Fsp3) is 0.333. The summed E-state index contributed by atoms with van der Waals surface area (Å²) >= 11 is 0. The number of nitrogens with zero attached hydrogens (tertiary/aromatic N) is 2. The lowest BCUT2D eigenvalue weighted by Gasteiger charge is -2.14. The van der Waals surface area contributed by atoms with Gasteiger partial charge in [0, 0.05) is 12.7 Å². The number of rotatable bonds is 1. The van der Waals surface area contributed by atoms with Crippen LogP contribution in [0.3, 0.4) is 0 Å². The van der Waals surface area contributed by atoms with Crippen molar-refractivity contribution in [2.45, 2.75) is 12.5 Å². The van der Waals surface area contributed by atoms with Crippen molar-refractivity contribution < 1.29 is 4.79 Å². The highest BCUT2D eigenvalue weighted by Gasteiger charge is 2.29. The molecule has 2 rings (SSSR count). The molecule has 1 amide bonds. The minimum atomic E-state index is -0.353. The summed E-state index contributed by atoms with van der Waals surface area (Å²) in [4.78, 5) is 16.9. The van der Waals surface area contributed by atoms with Gasteiger partial charge in [0.15, 0.2) is 0 Å². The Morgan fingerprint density at radius 1 is 1.69 bits per heavy atom. The van der Waals surface area contributed by atoms with E-state index >= 15 is 0 Å². The van der Waals surface area contributed by atoms with Crippen LogP contribution in [0.25, 0.3) is 0 Å². The minimum Gasteiger partial charge on any atom is -0.320 e. The van der Waals surface area contributed by atoms with E-state index in [0.29, 0.717) is 18.7 Å². The Hall–Kier alpha value is -1.42. The first-order chi connectivity index (χ1) is 6.29. The molecule has 67 valence electrons. The maximum atomic E-state index is 11.5. The maximum Gasteiger partial charge on any atom is 0.244 e. The van der Waals surface area contributed by atoms with E-state index in [9.17, 15) is 4.79 Å². The van der Waals surface area contributed by atoms with Crippen LogP contribution in [-0.2, 0) is 4.79 Å². The number of hydrogen-bond acceptors (Lipinski definition) is 3. The standard InChI is InChI=1S/C9H10N3O/c10-8-3-5-12(9(8)13)7-2-1-4-11-6-7/h1-2,4,8H,3,5,10H2. The first-order valence-corrected chi connectivity index (χ1v) is 4.18. The highest BCUT2D eigenvalue weighted by molar-refractivity contribution is 5.98. The molecule has 1 aromatic heterocycles. The van der Waals surface area contributed by atoms with Crippen LogP contribution >= 0.6 is 0 Å². The average molecular weight is 176 g/mol. The van der Waals surface area contributed by atoms with Crippen molar-refractivity contribution in [2.24, 2.45) is 5.73 Å². The molecule has 0 spiro atoms. The fourth-order valence-corrected chi connectivity index (χ4v) is 1.41. The molecule has 1 fully saturated rings. The van der Waals surface area contributed by atoms with E-state index in [-0.39, 0.29) is 11.9 Å². The monoisotopic (exact) mass is 176 g/mol. The van der Waals surface area contributed by atoms with Gasteiger partial charge in [0.1, 0.15) is 6.20 Å². The van der Waals surface area contributed by atoms with Gasteiger partial charge in [0.2, 0.25) is 5.91 Å². The van der Waals surface area contributed by atoms with Crippen molar-refractivity contribution in [1.29, 1.82) is 0 Å². The zero-order valence-electron chi connectivity index (χ0n) is 7.10. The second kappa shape index (κ2) is 3.14. The van der Waals surface area contributed by atoms with Crippen LogP contribution in [0.5, 0.6) is 0 Å². The molecule has 0 aliphatic carbocycles. The summed E-state index contributed by atoms with van der Waals surface area (Å²) in [6.07, 6.45) is 5.10. The number of amides is 1. The Bertz CT molecular complexity index is 312. The minimum absolute atomic E-state index is 0.0377. The molecule has 1 aromatic rings. The number of anilines is 1. The second-order valence-electron chi connectivity index (χ2n) is 3.02. The van der Waals surface area contributed by atoms with Gasteiger partial charge in [-0.05, 0) is 18.6 Å². The van der Waals surface area contributed by atoms with Gasteiger partial charge in [-0.1, -0.05) is 0 Å². The average Bonchev–Trinajstić information content (AvgIpc) is 2.49. The third-order valence-corrected chi connectivity index (χ3v) is 2.13. The lowest BCUT2D eigenvalue weighted by Crippen LogP contribution is -2.33. The first-order valence-electron chi connectivity index (χ1n) is 4.18. The molecule has 0 saturated carbocycles. The second-order valence-corrected chi connectivity index (χ2v) is 3.02. The summed E-state index contributed by atoms with van der Waals surface area (Å²) in [7, 11) is 0. The summed E-state index contributed by atoms with van der Waals surface area (Å²) in [5, 5.41) is 0. The predicted octanol–water partition coefficient (Wildman–Crippen LogP) is -0.0542. The Labute approximate surface area is 76.4 Å². The summed E-state index contributed by atoms with van der Waals surface area (Å²) < 4.78 is 0. The molecule has 1 aliphatic heterocycles. The van der Waals surface area contributed by atoms with Crippen LogP contribution in [0.4, 0.5) is 5.69 Å². The summed E-state index contributed by atoms with van der Waals surface area (Å²) in [6.45, 7) is 0.669. The van der Waals surface area contributed by atoms with Crippen molar-refractivity contribution in [1.82, 2.24) is 4.98 Å². The van der Waals surface area contributed by atoms with E-state index in [1.807, 2.05) is 6.07 Å². The molecule has 4 heteroatoms. The molecule has 2 heterocycles. The molecular formula is C9H10N3O. The molecule has 1 aliphatic rings. The van der Waals surface area contributed by atoms with E-state index in [1.165, 1.54) is 0 Å². The Kier molecular flexibility index (Phi) is 1.98. The zero-order chi connectivity index (χ0) is 9.26. The van der Waals surface area contributed by atoms with Crippen molar-refractivity contribution in [3.05, 3.63) is 24.5 Å². The summed E-state index contributed by atoms with van der Waals surface area (Å²) in [5.74, 6) is -0.0377. The van der Waals surface area contributed by atoms with Gasteiger partial charge in [0.05, 0.1) is 11.7 Å². The normalized spacial score (nSPS) is 22.4. The fourth-order valence-electron chi connectivity index (χ4n) is 1.41. The number of pyridine rings is 1. The van der Waals surface area contributed by atoms with Crippen LogP contribution in [0.15, 0.2) is 18.3 Å². The van der Waals surface area contributed by atoms with Gasteiger partial charge in [-0.25, -0.2) is 0 Å². The van der Waals surface area contributed by atoms with Crippen molar-refractivity contribution >= 4 is 11.6 Å². The molecule has 0 bridgehead atoms. The van der Waals surface area contributed by atoms with E-state index < -0.39 is 0 Å². The van der Waals surface area contributed by atoms with E-state index in [4.69, 9.17) is 5.73 Å². The van der Waals surface area contributed by atoms with Crippen LogP contribution in [0, 0.1) is 6.20 Å². The van der Waals surface area contributed by atoms with Crippen LogP contribution in [0.2, 0.25) is 0 Å². The quantitative estimate of drug-likeness (QED) is 0.652. The van der Waals surface area contributed by atoms with Crippen LogP contribution < -0.4 is 10.6 Å². The summed E-state index contributed by atoms with van der Waals surface area (Å²) in [5.41, 5.74) is 6.29. The van der Waals surface area contributed by atoms with E-state index in [2.05, 4.69) is 11.2 Å². The molecule has 2 N–H and O–H groups in total. The number of nitrogens with two attached hydrogens (primary N) is 1. The predicted molar refractivity (Wildman–Crippen MR) is 48.0 cm³/mol. The Morgan fingerprint density at radius 2 is 2.54 bits per heavy atom. The van der Waals surface area contributed by atoms with Gasteiger partial charge in [-0.2, -0.15) is 0 Å². The van der Waals surface area contributed by atoms with Crippen molar-refractivity contribution in [3.63, 3.8) is 0 Å². The van der Waals surface area contributed by atoms with Gasteiger partial charge < -0.3 is 10.6 Å². The van der Waals surface area contributed by atoms with Crippen LogP contribution in [0.1, 0.15) is 6.42 Å². The van der Waals surface area contributed by atoms with Gasteiger partial charge in [-0.3, -0.25) is 9.78 Å². The zero-order valence-corrected chi connectivity index (χ0v) is 7.10. The van der Waals surface area contributed by atoms with Gasteiger partial charge >= 0.3 is 0 Å². The van der Waals surface area contributed by atoms with Gasteiger partial charge in [0.25, 0.3) is 0 Å². The molecule has 1 radical (unpaired) electrons. The molecule has 4 nitrogen and oxygen atoms in total. The lowest BCUT2D eigenvalue weighted by molar-refractivity contribution is -0.118. The Balaban J connectivity index is 2.24. The molecule has 1 unspecified atom stereocenters. The molecular weight excluding hydrogens is 166 g/mol. The van der Waals surface area contributed by atoms with Gasteiger partial charge in [-0.15, -0.1) is 0 Å². The number of aromatic nitrogens is 1. The number of carbonyl (C=O) groups excluding carboxylic acids is 1. The highest BCUT2D eigenvalue weighted by atomic mass is 16.2. The number of carbonyl (C=O) groups is 1. The third kappa shape index (κ3) is 1.40. The smallest absolute Gasteiger partial charge is 0.244 e. The van der Waals surface area contributed by atoms with Crippen LogP contribution in [-0.4, -0.2) is 23.5 Å². The van der Waals surface area contributed by atoms with E-state index in [0.717, 1.165) is 0 Å². The molecule has 0 aromatic carbocycles. The maximum absolute atomic E-state index is 11.5. The molecule has 1 atom stereocenters. The molecule has 13 heavy (non-hydrogen) atoms. The Morgan fingerprint density at radius 3 is 3.08 bits per heavy atom. The summed E-state index contributed by atoms with van der Waals surface area (Å²) in [6, 6.07) is 3.24. The van der Waals surface area contributed by atoms with Crippen molar-refractivity contribution in [2.75, 3.05) is 11.4 Å². The third-order valence-electron chi connectivity index (χ3n) is 2.13. The molecule has 1 saturated heterocycles.